The van der Waals surface area contributed by atoms with Crippen molar-refractivity contribution in [2.24, 2.45) is 7.05 Å². The van der Waals surface area contributed by atoms with Gasteiger partial charge in [0.15, 0.2) is 0 Å². The summed E-state index contributed by atoms with van der Waals surface area (Å²) in [6.07, 6.45) is 5.87. The molecule has 0 radical (unpaired) electrons. The highest BCUT2D eigenvalue weighted by Crippen LogP contribution is 2.29. The molecule has 4 rings (SSSR count). The summed E-state index contributed by atoms with van der Waals surface area (Å²) in [5.74, 6) is -0.843. The molecule has 2 N–H and O–H groups in total. The number of carbonyl (C=O) groups is 1. The number of aliphatic hydroxyl groups excluding tert-OH is 1. The van der Waals surface area contributed by atoms with E-state index in [1.807, 2.05) is 22.5 Å². The van der Waals surface area contributed by atoms with Gasteiger partial charge < -0.3 is 10.4 Å². The molecule has 0 unspecified atom stereocenters. The molecular weight excluding hydrogens is 375 g/mol. The van der Waals surface area contributed by atoms with Gasteiger partial charge in [-0.1, -0.05) is 6.07 Å². The number of halogens is 1. The molecule has 0 aliphatic carbocycles. The monoisotopic (exact) mass is 398 g/mol. The molecule has 0 bridgehead atoms. The lowest BCUT2D eigenvalue weighted by Crippen LogP contribution is -2.32. The Labute approximate surface area is 167 Å². The molecule has 0 spiro atoms. The Hall–Kier alpha value is -3.04. The van der Waals surface area contributed by atoms with Crippen LogP contribution in [0.5, 0.6) is 0 Å². The van der Waals surface area contributed by atoms with E-state index < -0.39 is 5.82 Å². The van der Waals surface area contributed by atoms with E-state index >= 15 is 0 Å². The van der Waals surface area contributed by atoms with E-state index in [0.717, 1.165) is 18.7 Å². The average molecular weight is 398 g/mol. The van der Waals surface area contributed by atoms with Crippen LogP contribution in [-0.4, -0.2) is 54.7 Å². The smallest absolute Gasteiger partial charge is 0.255 e. The van der Waals surface area contributed by atoms with E-state index in [1.165, 1.54) is 18.2 Å². The summed E-state index contributed by atoms with van der Waals surface area (Å²) in [5, 5.41) is 21.1. The molecule has 2 atom stereocenters. The molecule has 29 heavy (non-hydrogen) atoms. The Morgan fingerprint density at radius 1 is 1.34 bits per heavy atom. The Bertz CT molecular complexity index is 1000. The van der Waals surface area contributed by atoms with Crippen LogP contribution in [0.15, 0.2) is 48.9 Å². The molecule has 1 fully saturated rings. The van der Waals surface area contributed by atoms with Crippen LogP contribution in [0.4, 0.5) is 10.1 Å². The second kappa shape index (κ2) is 8.14. The zero-order valence-corrected chi connectivity index (χ0v) is 16.1. The molecule has 8 nitrogen and oxygen atoms in total. The zero-order chi connectivity index (χ0) is 20.4. The molecule has 9 heteroatoms. The number of aliphatic hydroxyl groups is 1. The number of benzene rings is 1. The molecule has 152 valence electrons. The summed E-state index contributed by atoms with van der Waals surface area (Å²) in [5.41, 5.74) is 1.87. The lowest BCUT2D eigenvalue weighted by atomic mass is 10.2. The van der Waals surface area contributed by atoms with Gasteiger partial charge in [-0.05, 0) is 30.7 Å². The number of nitrogens with zero attached hydrogens (tertiary/aromatic N) is 5. The third kappa shape index (κ3) is 4.20. The molecule has 1 aliphatic heterocycles. The first kappa shape index (κ1) is 19.3. The van der Waals surface area contributed by atoms with E-state index in [2.05, 4.69) is 20.4 Å². The molecule has 3 aromatic rings. The van der Waals surface area contributed by atoms with Crippen molar-refractivity contribution in [1.29, 1.82) is 0 Å². The fourth-order valence-electron chi connectivity index (χ4n) is 3.73. The van der Waals surface area contributed by atoms with Crippen LogP contribution in [0, 0.1) is 5.82 Å². The molecule has 1 amide bonds. The maximum absolute atomic E-state index is 13.3. The number of carbonyl (C=O) groups excluding carboxylic acids is 1. The van der Waals surface area contributed by atoms with Crippen molar-refractivity contribution in [2.75, 3.05) is 18.5 Å². The van der Waals surface area contributed by atoms with Crippen molar-refractivity contribution >= 4 is 11.6 Å². The van der Waals surface area contributed by atoms with Crippen LogP contribution in [0.3, 0.4) is 0 Å². The first-order valence-electron chi connectivity index (χ1n) is 9.46. The molecule has 1 aromatic carbocycles. The summed E-state index contributed by atoms with van der Waals surface area (Å²) in [7, 11) is 1.90. The second-order valence-corrected chi connectivity index (χ2v) is 7.28. The van der Waals surface area contributed by atoms with E-state index in [0.29, 0.717) is 12.2 Å². The Morgan fingerprint density at radius 3 is 2.93 bits per heavy atom. The molecular formula is C20H23FN6O2. The lowest BCUT2D eigenvalue weighted by molar-refractivity contribution is 0.102. The highest BCUT2D eigenvalue weighted by atomic mass is 19.1. The lowest BCUT2D eigenvalue weighted by Gasteiger charge is -2.22. The Balaban J connectivity index is 1.42. The van der Waals surface area contributed by atoms with Crippen LogP contribution < -0.4 is 5.32 Å². The van der Waals surface area contributed by atoms with E-state index in [-0.39, 0.29) is 30.2 Å². The first-order chi connectivity index (χ1) is 14.0. The third-order valence-electron chi connectivity index (χ3n) is 5.32. The summed E-state index contributed by atoms with van der Waals surface area (Å²) in [6.45, 7) is 1.50. The Morgan fingerprint density at radius 2 is 2.21 bits per heavy atom. The number of aromatic nitrogens is 4. The highest BCUT2D eigenvalue weighted by Gasteiger charge is 2.33. The van der Waals surface area contributed by atoms with Crippen LogP contribution >= 0.6 is 0 Å². The van der Waals surface area contributed by atoms with Gasteiger partial charge in [0.25, 0.3) is 5.91 Å². The summed E-state index contributed by atoms with van der Waals surface area (Å²) in [4.78, 5) is 14.5. The number of nitrogens with one attached hydrogen (secondary N) is 1. The second-order valence-electron chi connectivity index (χ2n) is 7.28. The van der Waals surface area contributed by atoms with Gasteiger partial charge in [-0.2, -0.15) is 10.2 Å². The quantitative estimate of drug-likeness (QED) is 0.661. The van der Waals surface area contributed by atoms with Crippen LogP contribution in [0.25, 0.3) is 0 Å². The zero-order valence-electron chi connectivity index (χ0n) is 16.1. The van der Waals surface area contributed by atoms with Crippen molar-refractivity contribution in [2.45, 2.75) is 25.0 Å². The molecule has 0 saturated carbocycles. The van der Waals surface area contributed by atoms with Crippen molar-refractivity contribution in [3.63, 3.8) is 0 Å². The number of rotatable bonds is 6. The average Bonchev–Trinajstić information content (AvgIpc) is 3.43. The van der Waals surface area contributed by atoms with Gasteiger partial charge in [-0.25, -0.2) is 4.39 Å². The van der Waals surface area contributed by atoms with Gasteiger partial charge in [0.05, 0.1) is 30.2 Å². The van der Waals surface area contributed by atoms with Crippen molar-refractivity contribution < 1.29 is 14.3 Å². The predicted molar refractivity (Wildman–Crippen MR) is 105 cm³/mol. The van der Waals surface area contributed by atoms with Gasteiger partial charge >= 0.3 is 0 Å². The minimum Gasteiger partial charge on any atom is -0.395 e. The van der Waals surface area contributed by atoms with Crippen LogP contribution in [0.1, 0.15) is 28.5 Å². The summed E-state index contributed by atoms with van der Waals surface area (Å²) in [6, 6.07) is 7.63. The minimum atomic E-state index is -0.456. The fraction of sp³-hybridized carbons (Fsp3) is 0.350. The SMILES string of the molecule is Cn1nccc1CN1C[C@@H](n2cc(NC(=O)c3cccc(F)c3)cn2)C[C@H]1CO. The van der Waals surface area contributed by atoms with Crippen LogP contribution in [0.2, 0.25) is 0 Å². The minimum absolute atomic E-state index is 0.0319. The van der Waals surface area contributed by atoms with Gasteiger partial charge in [-0.3, -0.25) is 19.1 Å². The normalized spacial score (nSPS) is 19.6. The highest BCUT2D eigenvalue weighted by molar-refractivity contribution is 6.04. The maximum Gasteiger partial charge on any atom is 0.255 e. The van der Waals surface area contributed by atoms with Crippen molar-refractivity contribution in [1.82, 2.24) is 24.5 Å². The van der Waals surface area contributed by atoms with Crippen molar-refractivity contribution in [3.05, 3.63) is 66.0 Å². The molecule has 1 saturated heterocycles. The first-order valence-corrected chi connectivity index (χ1v) is 9.46. The third-order valence-corrected chi connectivity index (χ3v) is 5.32. The Kier molecular flexibility index (Phi) is 5.41. The van der Waals surface area contributed by atoms with Gasteiger partial charge in [-0.15, -0.1) is 0 Å². The van der Waals surface area contributed by atoms with Gasteiger partial charge in [0.1, 0.15) is 5.82 Å². The summed E-state index contributed by atoms with van der Waals surface area (Å²) < 4.78 is 17.0. The maximum atomic E-state index is 13.3. The van der Waals surface area contributed by atoms with E-state index in [1.54, 1.807) is 24.7 Å². The number of aryl methyl sites for hydroxylation is 1. The number of hydrogen-bond acceptors (Lipinski definition) is 5. The molecule has 2 aromatic heterocycles. The van der Waals surface area contributed by atoms with Crippen LogP contribution in [-0.2, 0) is 13.6 Å². The standard InChI is InChI=1S/C20H23FN6O2/c1-25-17(5-6-22-25)11-26-12-18(8-19(26)13-28)27-10-16(9-23-27)24-20(29)14-3-2-4-15(21)7-14/h2-7,9-10,18-19,28H,8,11-13H2,1H3,(H,24,29)/t18-,19-/m0/s1. The molecule has 1 aliphatic rings. The molecule has 3 heterocycles. The summed E-state index contributed by atoms with van der Waals surface area (Å²) >= 11 is 0. The largest absolute Gasteiger partial charge is 0.395 e. The van der Waals surface area contributed by atoms with Gasteiger partial charge in [0, 0.05) is 44.1 Å². The van der Waals surface area contributed by atoms with E-state index in [4.69, 9.17) is 0 Å². The predicted octanol–water partition coefficient (Wildman–Crippen LogP) is 1.82. The number of likely N-dealkylation sites (tertiary alicyclic amines) is 1. The van der Waals surface area contributed by atoms with Gasteiger partial charge in [0.2, 0.25) is 0 Å². The fourth-order valence-corrected chi connectivity index (χ4v) is 3.73. The number of hydrogen-bond donors (Lipinski definition) is 2. The van der Waals surface area contributed by atoms with E-state index in [9.17, 15) is 14.3 Å². The topological polar surface area (TPSA) is 88.2 Å². The number of anilines is 1. The number of amides is 1. The van der Waals surface area contributed by atoms with Crippen molar-refractivity contribution in [3.8, 4) is 0 Å².